The fraction of sp³-hybridized carbons (Fsp3) is 0.286. The summed E-state index contributed by atoms with van der Waals surface area (Å²) in [5, 5.41) is 20.9. The van der Waals surface area contributed by atoms with Gasteiger partial charge in [-0.05, 0) is 18.2 Å². The van der Waals surface area contributed by atoms with Gasteiger partial charge in [0.2, 0.25) is 5.88 Å². The summed E-state index contributed by atoms with van der Waals surface area (Å²) >= 11 is 0. The molecule has 0 saturated carbocycles. The van der Waals surface area contributed by atoms with Gasteiger partial charge in [-0.3, -0.25) is 9.59 Å². The molecule has 0 aliphatic carbocycles. The van der Waals surface area contributed by atoms with E-state index in [2.05, 4.69) is 15.3 Å². The molecule has 0 atom stereocenters. The van der Waals surface area contributed by atoms with E-state index in [0.717, 1.165) is 6.20 Å². The van der Waals surface area contributed by atoms with Crippen LogP contribution in [0.5, 0.6) is 11.6 Å². The Labute approximate surface area is 191 Å². The van der Waals surface area contributed by atoms with Gasteiger partial charge in [0.25, 0.3) is 11.8 Å². The molecule has 1 aliphatic rings. The van der Waals surface area contributed by atoms with Crippen molar-refractivity contribution in [1.82, 2.24) is 29.8 Å². The number of rotatable bonds is 4. The summed E-state index contributed by atoms with van der Waals surface area (Å²) < 4.78 is 47.1. The molecule has 0 radical (unpaired) electrons. The molecule has 4 rings (SSSR count). The molecular formula is C21H19F3N6O4. The first-order valence-corrected chi connectivity index (χ1v) is 10.1. The number of benzene rings is 1. The van der Waals surface area contributed by atoms with Gasteiger partial charge in [-0.2, -0.15) is 18.3 Å². The fourth-order valence-corrected chi connectivity index (χ4v) is 3.59. The molecule has 2 aromatic heterocycles. The van der Waals surface area contributed by atoms with Crippen molar-refractivity contribution in [3.63, 3.8) is 0 Å². The van der Waals surface area contributed by atoms with E-state index in [-0.39, 0.29) is 49.2 Å². The van der Waals surface area contributed by atoms with Crippen LogP contribution >= 0.6 is 0 Å². The normalized spacial score (nSPS) is 14.2. The van der Waals surface area contributed by atoms with Gasteiger partial charge < -0.3 is 19.6 Å². The number of methoxy groups -OCH3 is 1. The fourth-order valence-electron chi connectivity index (χ4n) is 3.59. The van der Waals surface area contributed by atoms with Crippen LogP contribution in [0.4, 0.5) is 13.2 Å². The molecule has 178 valence electrons. The predicted octanol–water partition coefficient (Wildman–Crippen LogP) is 1.99. The Bertz CT molecular complexity index is 1200. The summed E-state index contributed by atoms with van der Waals surface area (Å²) in [7, 11) is 1.34. The molecule has 10 nitrogen and oxygen atoms in total. The summed E-state index contributed by atoms with van der Waals surface area (Å²) in [5.74, 6) is -1.58. The zero-order chi connectivity index (χ0) is 24.5. The number of aromatic hydroxyl groups is 1. The Hall–Kier alpha value is -4.16. The highest BCUT2D eigenvalue weighted by atomic mass is 19.4. The monoisotopic (exact) mass is 476 g/mol. The van der Waals surface area contributed by atoms with Gasteiger partial charge in [-0.1, -0.05) is 12.1 Å². The highest BCUT2D eigenvalue weighted by Crippen LogP contribution is 2.34. The Morgan fingerprint density at radius 2 is 1.56 bits per heavy atom. The molecule has 13 heteroatoms. The van der Waals surface area contributed by atoms with E-state index in [1.807, 2.05) is 0 Å². The molecular weight excluding hydrogens is 457 g/mol. The van der Waals surface area contributed by atoms with Gasteiger partial charge in [0.05, 0.1) is 24.4 Å². The standard InChI is InChI=1S/C21H19F3N6O4/c1-34-17-7-6-16(26-27-17)30-18(21(22,23)24)14(12-25-30)20(33)29-10-8-28(9-11-29)19(32)13-4-2-3-5-15(13)31/h2-7,12,31H,8-11H2,1H3. The number of carbonyl (C=O) groups excluding carboxylic acids is 2. The zero-order valence-electron chi connectivity index (χ0n) is 17.9. The lowest BCUT2D eigenvalue weighted by Crippen LogP contribution is -2.50. The first kappa shape index (κ1) is 23.0. The summed E-state index contributed by atoms with van der Waals surface area (Å²) in [6.45, 7) is 0.225. The number of hydrogen-bond donors (Lipinski definition) is 1. The van der Waals surface area contributed by atoms with Crippen LogP contribution in [0.25, 0.3) is 5.82 Å². The van der Waals surface area contributed by atoms with Crippen molar-refractivity contribution in [3.05, 3.63) is 59.4 Å². The van der Waals surface area contributed by atoms with E-state index in [0.29, 0.717) is 4.68 Å². The molecule has 0 spiro atoms. The number of piperazine rings is 1. The molecule has 3 aromatic rings. The van der Waals surface area contributed by atoms with Gasteiger partial charge >= 0.3 is 6.18 Å². The van der Waals surface area contributed by atoms with E-state index < -0.39 is 29.2 Å². The van der Waals surface area contributed by atoms with E-state index >= 15 is 0 Å². The van der Waals surface area contributed by atoms with Crippen molar-refractivity contribution in [3.8, 4) is 17.4 Å². The largest absolute Gasteiger partial charge is 0.507 e. The highest BCUT2D eigenvalue weighted by molar-refractivity contribution is 5.98. The molecule has 1 aromatic carbocycles. The summed E-state index contributed by atoms with van der Waals surface area (Å²) in [6, 6.07) is 8.62. The van der Waals surface area contributed by atoms with E-state index in [1.54, 1.807) is 12.1 Å². The van der Waals surface area contributed by atoms with Crippen molar-refractivity contribution in [1.29, 1.82) is 0 Å². The van der Waals surface area contributed by atoms with Crippen LogP contribution in [0.1, 0.15) is 26.4 Å². The lowest BCUT2D eigenvalue weighted by molar-refractivity contribution is -0.143. The summed E-state index contributed by atoms with van der Waals surface area (Å²) in [4.78, 5) is 28.3. The number of hydrogen-bond acceptors (Lipinski definition) is 7. The number of phenolic OH excluding ortho intramolecular Hbond substituents is 1. The van der Waals surface area contributed by atoms with Gasteiger partial charge in [0.15, 0.2) is 11.5 Å². The van der Waals surface area contributed by atoms with Gasteiger partial charge in [-0.15, -0.1) is 10.2 Å². The van der Waals surface area contributed by atoms with E-state index in [4.69, 9.17) is 4.74 Å². The maximum atomic E-state index is 13.9. The molecule has 3 heterocycles. The summed E-state index contributed by atoms with van der Waals surface area (Å²) in [6.07, 6.45) is -4.05. The van der Waals surface area contributed by atoms with Crippen molar-refractivity contribution < 1.29 is 32.6 Å². The lowest BCUT2D eigenvalue weighted by atomic mass is 10.1. The van der Waals surface area contributed by atoms with E-state index in [9.17, 15) is 27.9 Å². The van der Waals surface area contributed by atoms with Crippen LogP contribution in [0, 0.1) is 0 Å². The van der Waals surface area contributed by atoms with Gasteiger partial charge in [-0.25, -0.2) is 4.68 Å². The third kappa shape index (κ3) is 4.36. The minimum Gasteiger partial charge on any atom is -0.507 e. The highest BCUT2D eigenvalue weighted by Gasteiger charge is 2.42. The molecule has 1 N–H and O–H groups in total. The third-order valence-corrected chi connectivity index (χ3v) is 5.31. The van der Waals surface area contributed by atoms with Crippen LogP contribution in [0.3, 0.4) is 0 Å². The number of phenols is 1. The second-order valence-corrected chi connectivity index (χ2v) is 7.35. The first-order chi connectivity index (χ1) is 16.2. The minimum atomic E-state index is -4.90. The Morgan fingerprint density at radius 1 is 0.941 bits per heavy atom. The number of amides is 2. The SMILES string of the molecule is COc1ccc(-n2ncc(C(=O)N3CCN(C(=O)c4ccccc4O)CC3)c2C(F)(F)F)nn1. The van der Waals surface area contributed by atoms with E-state index in [1.165, 1.54) is 41.2 Å². The number of nitrogens with zero attached hydrogens (tertiary/aromatic N) is 6. The summed E-state index contributed by atoms with van der Waals surface area (Å²) in [5.41, 5.74) is -1.79. The second kappa shape index (κ2) is 9.00. The Morgan fingerprint density at radius 3 is 2.09 bits per heavy atom. The number of alkyl halides is 3. The third-order valence-electron chi connectivity index (χ3n) is 5.31. The zero-order valence-corrected chi connectivity index (χ0v) is 17.9. The Kier molecular flexibility index (Phi) is 6.09. The Balaban J connectivity index is 1.54. The predicted molar refractivity (Wildman–Crippen MR) is 111 cm³/mol. The quantitative estimate of drug-likeness (QED) is 0.613. The van der Waals surface area contributed by atoms with Crippen molar-refractivity contribution in [2.75, 3.05) is 33.3 Å². The topological polar surface area (TPSA) is 114 Å². The molecule has 34 heavy (non-hydrogen) atoms. The number of para-hydroxylation sites is 1. The van der Waals surface area contributed by atoms with Crippen molar-refractivity contribution in [2.24, 2.45) is 0 Å². The average Bonchev–Trinajstić information content (AvgIpc) is 3.30. The molecule has 1 fully saturated rings. The maximum absolute atomic E-state index is 13.9. The number of halogens is 3. The number of carbonyl (C=O) groups is 2. The van der Waals surface area contributed by atoms with Crippen LogP contribution < -0.4 is 4.74 Å². The molecule has 1 saturated heterocycles. The molecule has 1 aliphatic heterocycles. The average molecular weight is 476 g/mol. The van der Waals surface area contributed by atoms with Crippen molar-refractivity contribution in [2.45, 2.75) is 6.18 Å². The maximum Gasteiger partial charge on any atom is 0.434 e. The van der Waals surface area contributed by atoms with Gasteiger partial charge in [0, 0.05) is 32.2 Å². The van der Waals surface area contributed by atoms with Crippen LogP contribution in [0.2, 0.25) is 0 Å². The number of ether oxygens (including phenoxy) is 1. The number of aromatic nitrogens is 4. The van der Waals surface area contributed by atoms with Gasteiger partial charge in [0.1, 0.15) is 5.75 Å². The minimum absolute atomic E-state index is 0.0169. The second-order valence-electron chi connectivity index (χ2n) is 7.35. The molecule has 0 bridgehead atoms. The van der Waals surface area contributed by atoms with Crippen molar-refractivity contribution >= 4 is 11.8 Å². The van der Waals surface area contributed by atoms with Crippen LogP contribution in [-0.2, 0) is 6.18 Å². The van der Waals surface area contributed by atoms with Crippen LogP contribution in [0.15, 0.2) is 42.6 Å². The first-order valence-electron chi connectivity index (χ1n) is 10.1. The molecule has 0 unspecified atom stereocenters. The molecule has 2 amide bonds. The smallest absolute Gasteiger partial charge is 0.434 e. The van der Waals surface area contributed by atoms with Crippen LogP contribution in [-0.4, -0.2) is 80.0 Å². The lowest BCUT2D eigenvalue weighted by Gasteiger charge is -2.35.